The smallest absolute Gasteiger partial charge is 0.334 e. The molecule has 1 aromatic rings. The van der Waals surface area contributed by atoms with Crippen LogP contribution in [-0.4, -0.2) is 88.8 Å². The van der Waals surface area contributed by atoms with E-state index in [9.17, 15) is 14.4 Å². The van der Waals surface area contributed by atoms with E-state index < -0.39 is 12.2 Å². The fourth-order valence-electron chi connectivity index (χ4n) is 5.18. The number of fused-ring (bicyclic) bond motifs is 1. The number of piperazine rings is 1. The van der Waals surface area contributed by atoms with E-state index in [0.29, 0.717) is 19.7 Å². The van der Waals surface area contributed by atoms with E-state index in [2.05, 4.69) is 11.2 Å². The van der Waals surface area contributed by atoms with Crippen molar-refractivity contribution in [3.63, 3.8) is 0 Å². The normalized spacial score (nSPS) is 25.9. The molecule has 3 aliphatic heterocycles. The number of urea groups is 1. The number of carbonyl (C=O) groups excluding carboxylic acids is 3. The largest absolute Gasteiger partial charge is 0.376 e. The molecule has 1 N–H and O–H groups in total. The highest BCUT2D eigenvalue weighted by molar-refractivity contribution is 5.91. The molecule has 3 fully saturated rings. The molecule has 0 spiro atoms. The fraction of sp³-hybridized carbons (Fsp3) is 0.577. The number of ether oxygens (including phenoxy) is 1. The summed E-state index contributed by atoms with van der Waals surface area (Å²) in [6, 6.07) is 8.65. The maximum atomic E-state index is 13.6. The number of benzene rings is 1. The molecule has 0 aliphatic carbocycles. The van der Waals surface area contributed by atoms with Crippen LogP contribution in [0.1, 0.15) is 38.7 Å². The standard InChI is InChI=1S/C26H35N5O4/c1-4-13-29-18-23(32)30-22(31(29)26(34)27-15-20-10-7-6-8-11-20)17-28(16-21-12-9-14-35-21)25(33)24(30)19(3)5-2/h1,6-8,10-11,19,21-22,24H,5,9,12-18H2,2-3H3,(H,27,34)/t19?,21?,22-,24-/m0/s1. The molecular formula is C26H35N5O4. The molecule has 0 radical (unpaired) electrons. The predicted molar refractivity (Wildman–Crippen MR) is 130 cm³/mol. The minimum Gasteiger partial charge on any atom is -0.376 e. The van der Waals surface area contributed by atoms with Gasteiger partial charge in [0.1, 0.15) is 12.2 Å². The number of rotatable bonds is 7. The molecule has 4 atom stereocenters. The van der Waals surface area contributed by atoms with Crippen LogP contribution in [0.25, 0.3) is 0 Å². The highest BCUT2D eigenvalue weighted by Gasteiger charge is 2.52. The van der Waals surface area contributed by atoms with Crippen LogP contribution in [0.15, 0.2) is 30.3 Å². The molecule has 2 unspecified atom stereocenters. The summed E-state index contributed by atoms with van der Waals surface area (Å²) < 4.78 is 5.80. The number of carbonyl (C=O) groups is 3. The Morgan fingerprint density at radius 1 is 1.29 bits per heavy atom. The van der Waals surface area contributed by atoms with E-state index in [-0.39, 0.29) is 49.5 Å². The van der Waals surface area contributed by atoms with Crippen LogP contribution >= 0.6 is 0 Å². The van der Waals surface area contributed by atoms with Crippen LogP contribution in [0.5, 0.6) is 0 Å². The molecule has 1 aromatic carbocycles. The molecule has 188 valence electrons. The molecule has 0 saturated carbocycles. The first-order chi connectivity index (χ1) is 16.9. The Labute approximate surface area is 207 Å². The second-order valence-corrected chi connectivity index (χ2v) is 9.51. The third kappa shape index (κ3) is 5.29. The van der Waals surface area contributed by atoms with Gasteiger partial charge < -0.3 is 19.9 Å². The van der Waals surface area contributed by atoms with Gasteiger partial charge in [-0.1, -0.05) is 56.5 Å². The number of hydrogen-bond acceptors (Lipinski definition) is 5. The SMILES string of the molecule is C#CCN1CC(=O)N2[C@@H](C(C)CC)C(=O)N(CC3CCCO3)C[C@@H]2N1C(=O)NCc1ccccc1. The van der Waals surface area contributed by atoms with Crippen molar-refractivity contribution in [1.82, 2.24) is 25.1 Å². The molecule has 3 saturated heterocycles. The Balaban J connectivity index is 1.63. The van der Waals surface area contributed by atoms with Gasteiger partial charge in [0.15, 0.2) is 0 Å². The highest BCUT2D eigenvalue weighted by Crippen LogP contribution is 2.31. The molecule has 9 heteroatoms. The Hall–Kier alpha value is -3.09. The second kappa shape index (κ2) is 11.1. The average molecular weight is 482 g/mol. The van der Waals surface area contributed by atoms with Crippen molar-refractivity contribution in [3.05, 3.63) is 35.9 Å². The van der Waals surface area contributed by atoms with Crippen molar-refractivity contribution in [2.24, 2.45) is 5.92 Å². The van der Waals surface area contributed by atoms with Crippen LogP contribution in [-0.2, 0) is 20.9 Å². The first-order valence-corrected chi connectivity index (χ1v) is 12.5. The summed E-state index contributed by atoms with van der Waals surface area (Å²) in [5.41, 5.74) is 0.964. The first kappa shape index (κ1) is 25.0. The van der Waals surface area contributed by atoms with Crippen molar-refractivity contribution in [1.29, 1.82) is 0 Å². The molecular weight excluding hydrogens is 446 g/mol. The number of terminal acetylenes is 1. The maximum absolute atomic E-state index is 13.6. The summed E-state index contributed by atoms with van der Waals surface area (Å²) >= 11 is 0. The van der Waals surface area contributed by atoms with Gasteiger partial charge in [-0.15, -0.1) is 6.42 Å². The highest BCUT2D eigenvalue weighted by atomic mass is 16.5. The van der Waals surface area contributed by atoms with E-state index >= 15 is 0 Å². The quantitative estimate of drug-likeness (QED) is 0.599. The lowest BCUT2D eigenvalue weighted by Gasteiger charge is -2.56. The van der Waals surface area contributed by atoms with Crippen molar-refractivity contribution in [2.75, 3.05) is 32.8 Å². The van der Waals surface area contributed by atoms with E-state index in [1.165, 1.54) is 0 Å². The van der Waals surface area contributed by atoms with Crippen LogP contribution in [0, 0.1) is 18.3 Å². The monoisotopic (exact) mass is 481 g/mol. The topological polar surface area (TPSA) is 85.4 Å². The van der Waals surface area contributed by atoms with Crippen molar-refractivity contribution in [3.8, 4) is 12.3 Å². The van der Waals surface area contributed by atoms with Crippen molar-refractivity contribution in [2.45, 2.75) is 58.0 Å². The average Bonchev–Trinajstić information content (AvgIpc) is 3.37. The van der Waals surface area contributed by atoms with Gasteiger partial charge in [-0.05, 0) is 24.3 Å². The molecule has 3 heterocycles. The Morgan fingerprint density at radius 2 is 2.06 bits per heavy atom. The minimum absolute atomic E-state index is 0.0236. The molecule has 9 nitrogen and oxygen atoms in total. The zero-order chi connectivity index (χ0) is 24.9. The zero-order valence-corrected chi connectivity index (χ0v) is 20.6. The van der Waals surface area contributed by atoms with E-state index in [0.717, 1.165) is 24.8 Å². The number of hydrazine groups is 1. The van der Waals surface area contributed by atoms with Gasteiger partial charge in [0.25, 0.3) is 0 Å². The lowest BCUT2D eigenvalue weighted by Crippen LogP contribution is -2.77. The molecule has 4 rings (SSSR count). The van der Waals surface area contributed by atoms with Gasteiger partial charge in [0.2, 0.25) is 11.8 Å². The van der Waals surface area contributed by atoms with Crippen LogP contribution in [0.2, 0.25) is 0 Å². The summed E-state index contributed by atoms with van der Waals surface area (Å²) in [7, 11) is 0. The predicted octanol–water partition coefficient (Wildman–Crippen LogP) is 1.65. The lowest BCUT2D eigenvalue weighted by molar-refractivity contribution is -0.193. The minimum atomic E-state index is -0.640. The molecule has 0 bridgehead atoms. The third-order valence-electron chi connectivity index (χ3n) is 7.16. The lowest BCUT2D eigenvalue weighted by atomic mass is 9.92. The maximum Gasteiger partial charge on any atom is 0.334 e. The van der Waals surface area contributed by atoms with Gasteiger partial charge in [-0.2, -0.15) is 5.01 Å². The summed E-state index contributed by atoms with van der Waals surface area (Å²) in [6.07, 6.45) is 7.54. The van der Waals surface area contributed by atoms with E-state index in [1.807, 2.05) is 44.2 Å². The summed E-state index contributed by atoms with van der Waals surface area (Å²) in [4.78, 5) is 43.9. The van der Waals surface area contributed by atoms with Crippen LogP contribution < -0.4 is 5.32 Å². The van der Waals surface area contributed by atoms with Crippen molar-refractivity contribution < 1.29 is 19.1 Å². The number of nitrogens with one attached hydrogen (secondary N) is 1. The second-order valence-electron chi connectivity index (χ2n) is 9.51. The van der Waals surface area contributed by atoms with Crippen molar-refractivity contribution >= 4 is 17.8 Å². The Bertz CT molecular complexity index is 958. The van der Waals surface area contributed by atoms with Gasteiger partial charge in [-0.25, -0.2) is 9.80 Å². The van der Waals surface area contributed by atoms with Gasteiger partial charge in [-0.3, -0.25) is 9.59 Å². The zero-order valence-electron chi connectivity index (χ0n) is 20.6. The molecule has 35 heavy (non-hydrogen) atoms. The Morgan fingerprint density at radius 3 is 2.71 bits per heavy atom. The van der Waals surface area contributed by atoms with E-state index in [1.54, 1.807) is 19.8 Å². The van der Waals surface area contributed by atoms with E-state index in [4.69, 9.17) is 11.2 Å². The fourth-order valence-corrected chi connectivity index (χ4v) is 5.18. The summed E-state index contributed by atoms with van der Waals surface area (Å²) in [6.45, 7) is 5.77. The van der Waals surface area contributed by atoms with Gasteiger partial charge >= 0.3 is 6.03 Å². The third-order valence-corrected chi connectivity index (χ3v) is 7.16. The van der Waals surface area contributed by atoms with Gasteiger partial charge in [0, 0.05) is 19.7 Å². The van der Waals surface area contributed by atoms with Crippen LogP contribution in [0.4, 0.5) is 4.79 Å². The first-order valence-electron chi connectivity index (χ1n) is 12.5. The summed E-state index contributed by atoms with van der Waals surface area (Å²) in [5, 5.41) is 6.13. The summed E-state index contributed by atoms with van der Waals surface area (Å²) in [5.74, 6) is 2.25. The van der Waals surface area contributed by atoms with Gasteiger partial charge in [0.05, 0.1) is 25.7 Å². The van der Waals surface area contributed by atoms with Crippen LogP contribution in [0.3, 0.4) is 0 Å². The number of nitrogens with zero attached hydrogens (tertiary/aromatic N) is 4. The number of hydrogen-bond donors (Lipinski definition) is 1. The molecule has 3 aliphatic rings. The molecule has 4 amide bonds. The Kier molecular flexibility index (Phi) is 7.93. The molecule has 0 aromatic heterocycles. The number of amides is 4.